The minimum absolute atomic E-state index is 0. The van der Waals surface area contributed by atoms with Crippen molar-refractivity contribution < 1.29 is 28.3 Å². The van der Waals surface area contributed by atoms with Crippen molar-refractivity contribution in [2.75, 3.05) is 0 Å². The monoisotopic (exact) mass is 817 g/mol. The molecule has 8 rings (SSSR count). The molecule has 0 radical (unpaired) electrons. The number of hydrogen-bond acceptors (Lipinski definition) is 0. The molecule has 3 atom stereocenters. The van der Waals surface area contributed by atoms with E-state index in [1.54, 1.807) is 77.0 Å². The molecule has 8 fully saturated rings. The molecule has 0 spiro atoms. The van der Waals surface area contributed by atoms with E-state index in [1.807, 2.05) is 0 Å². The predicted octanol–water partition coefficient (Wildman–Crippen LogP) is 17.0. The molecule has 0 aromatic carbocycles. The van der Waals surface area contributed by atoms with Gasteiger partial charge in [0.1, 0.15) is 12.3 Å². The Morgan fingerprint density at radius 2 is 0.386 bits per heavy atom. The lowest BCUT2D eigenvalue weighted by Gasteiger charge is -2.41. The smallest absolute Gasteiger partial charge is 0.131 e. The lowest BCUT2D eigenvalue weighted by Crippen LogP contribution is -2.34. The van der Waals surface area contributed by atoms with Crippen LogP contribution in [0, 0.1) is 88.8 Å². The number of halogens is 2. The fourth-order valence-electron chi connectivity index (χ4n) is 14.5. The molecule has 0 amide bonds. The van der Waals surface area contributed by atoms with Crippen molar-refractivity contribution in [3.8, 4) is 0 Å². The molecule has 0 aliphatic heterocycles. The third kappa shape index (κ3) is 15.3. The molecule has 4 heteroatoms. The SMILES string of the molecule is CC1CCC(C2CCC(C)CC2)CC1.CC1CCC(C2CCC(C3CCC(C)CC3)CC2)CC1.CC1CCC(C2CCC(C3CCC(F)C(F)C3)CC2)CC1.O.O.[HH].[HH].[HH].[HH].[HH].[HH]. The predicted molar refractivity (Wildman–Crippen MR) is 254 cm³/mol. The van der Waals surface area contributed by atoms with Gasteiger partial charge in [0.15, 0.2) is 0 Å². The van der Waals surface area contributed by atoms with Gasteiger partial charge in [0.05, 0.1) is 0 Å². The fourth-order valence-corrected chi connectivity index (χ4v) is 14.5. The summed E-state index contributed by atoms with van der Waals surface area (Å²) in [5, 5.41) is 0. The van der Waals surface area contributed by atoms with Crippen LogP contribution in [0.5, 0.6) is 0 Å². The molecule has 57 heavy (non-hydrogen) atoms. The molecule has 0 bridgehead atoms. The number of hydrogen-bond donors (Lipinski definition) is 0. The zero-order valence-corrected chi connectivity index (χ0v) is 38.5. The van der Waals surface area contributed by atoms with Crippen LogP contribution in [0.4, 0.5) is 8.78 Å². The lowest BCUT2D eigenvalue weighted by atomic mass is 9.65. The van der Waals surface area contributed by atoms with Gasteiger partial charge in [0.25, 0.3) is 0 Å². The van der Waals surface area contributed by atoms with Gasteiger partial charge in [0.2, 0.25) is 0 Å². The summed E-state index contributed by atoms with van der Waals surface area (Å²) >= 11 is 0. The van der Waals surface area contributed by atoms with Crippen molar-refractivity contribution in [1.82, 2.24) is 0 Å². The van der Waals surface area contributed by atoms with Crippen LogP contribution in [-0.4, -0.2) is 23.3 Å². The first-order valence-corrected chi connectivity index (χ1v) is 25.9. The maximum absolute atomic E-state index is 13.6. The van der Waals surface area contributed by atoms with Crippen molar-refractivity contribution in [2.45, 2.75) is 246 Å². The van der Waals surface area contributed by atoms with E-state index in [4.69, 9.17) is 0 Å². The van der Waals surface area contributed by atoms with Gasteiger partial charge in [-0.2, -0.15) is 0 Å². The Morgan fingerprint density at radius 3 is 0.579 bits per heavy atom. The first kappa shape index (κ1) is 49.4. The standard InChI is InChI=1S/C20H36.C19H32F2.C14H26.2H2O.6H2/c1-15-3-7-17(8-4-15)19-11-13-20(14-12-19)18-9-5-16(2)6-10-18;1-13-2-4-14(5-3-13)15-6-8-16(9-7-15)17-10-11-18(20)19(21)12-17;1-11-3-7-13(8-4-11)14-9-5-12(2)6-10-14;;;;;;;;/h15-20H,3-14H2,1-2H3;13-19H,2-12H2,1H3;11-14H,3-10H2,1-2H3;2*1H2;6*1H. The number of rotatable bonds is 5. The van der Waals surface area contributed by atoms with Crippen molar-refractivity contribution in [1.29, 1.82) is 0 Å². The normalized spacial score (nSPS) is 45.6. The molecule has 0 saturated heterocycles. The fraction of sp³-hybridized carbons (Fsp3) is 1.00. The van der Waals surface area contributed by atoms with Gasteiger partial charge < -0.3 is 11.0 Å². The Labute approximate surface area is 362 Å². The molecule has 0 aromatic rings. The second-order valence-corrected chi connectivity index (χ2v) is 23.1. The average molecular weight is 817 g/mol. The van der Waals surface area contributed by atoms with E-state index < -0.39 is 12.3 Å². The van der Waals surface area contributed by atoms with Gasteiger partial charge in [-0.1, -0.05) is 98.8 Å². The maximum atomic E-state index is 13.6. The van der Waals surface area contributed by atoms with Crippen molar-refractivity contribution in [3.05, 3.63) is 0 Å². The summed E-state index contributed by atoms with van der Waals surface area (Å²) in [7, 11) is 0. The minimum atomic E-state index is -1.18. The van der Waals surface area contributed by atoms with Crippen LogP contribution < -0.4 is 0 Å². The highest BCUT2D eigenvalue weighted by atomic mass is 19.2. The number of alkyl halides is 2. The summed E-state index contributed by atoms with van der Waals surface area (Å²) in [6, 6.07) is 0. The van der Waals surface area contributed by atoms with Crippen LogP contribution >= 0.6 is 0 Å². The van der Waals surface area contributed by atoms with Gasteiger partial charge in [-0.25, -0.2) is 8.78 Å². The second kappa shape index (κ2) is 25.0. The molecular weight excluding hydrogens is 707 g/mol. The van der Waals surface area contributed by atoms with Crippen LogP contribution in [0.3, 0.4) is 0 Å². The van der Waals surface area contributed by atoms with Crippen molar-refractivity contribution in [3.63, 3.8) is 0 Å². The molecule has 8 aliphatic rings. The Balaban J connectivity index is -0.000000819. The highest BCUT2D eigenvalue weighted by Gasteiger charge is 2.38. The molecule has 4 N–H and O–H groups in total. The molecule has 8 aliphatic carbocycles. The molecule has 0 aromatic heterocycles. The third-order valence-corrected chi connectivity index (χ3v) is 19.0. The molecule has 348 valence electrons. The van der Waals surface area contributed by atoms with Crippen LogP contribution in [0.15, 0.2) is 0 Å². The van der Waals surface area contributed by atoms with Crippen LogP contribution in [0.25, 0.3) is 0 Å². The van der Waals surface area contributed by atoms with E-state index in [0.29, 0.717) is 24.7 Å². The van der Waals surface area contributed by atoms with Gasteiger partial charge >= 0.3 is 0 Å². The van der Waals surface area contributed by atoms with Gasteiger partial charge in [-0.15, -0.1) is 0 Å². The summed E-state index contributed by atoms with van der Waals surface area (Å²) in [5.41, 5.74) is 0. The highest BCUT2D eigenvalue weighted by Crippen LogP contribution is 2.48. The maximum Gasteiger partial charge on any atom is 0.131 e. The van der Waals surface area contributed by atoms with Crippen LogP contribution in [0.1, 0.15) is 242 Å². The first-order valence-electron chi connectivity index (χ1n) is 25.9. The van der Waals surface area contributed by atoms with E-state index in [0.717, 1.165) is 83.4 Å². The summed E-state index contributed by atoms with van der Waals surface area (Å²) in [5.74, 6) is 14.8. The molecular formula is C53H110F2O2. The first-order chi connectivity index (χ1) is 26.6. The van der Waals surface area contributed by atoms with E-state index >= 15 is 0 Å². The molecule has 0 heterocycles. The van der Waals surface area contributed by atoms with E-state index in [9.17, 15) is 8.78 Å². The summed E-state index contributed by atoms with van der Waals surface area (Å²) < 4.78 is 26.9. The Morgan fingerprint density at radius 1 is 0.228 bits per heavy atom. The molecule has 2 nitrogen and oxygen atoms in total. The van der Waals surface area contributed by atoms with Gasteiger partial charge in [-0.05, 0) is 224 Å². The quantitative estimate of drug-likeness (QED) is 0.265. The van der Waals surface area contributed by atoms with Crippen LogP contribution in [-0.2, 0) is 0 Å². The largest absolute Gasteiger partial charge is 0.412 e. The Hall–Kier alpha value is -0.220. The summed E-state index contributed by atoms with van der Waals surface area (Å²) in [6.07, 6.45) is 41.4. The van der Waals surface area contributed by atoms with Crippen LogP contribution in [0.2, 0.25) is 0 Å². The Bertz CT molecular complexity index is 990. The zero-order chi connectivity index (χ0) is 38.7. The van der Waals surface area contributed by atoms with Crippen molar-refractivity contribution in [2.24, 2.45) is 88.8 Å². The average Bonchev–Trinajstić information content (AvgIpc) is 3.21. The second-order valence-electron chi connectivity index (χ2n) is 23.1. The van der Waals surface area contributed by atoms with E-state index in [-0.39, 0.29) is 19.5 Å². The summed E-state index contributed by atoms with van der Waals surface area (Å²) in [6.45, 7) is 12.2. The highest BCUT2D eigenvalue weighted by molar-refractivity contribution is 4.89. The van der Waals surface area contributed by atoms with Gasteiger partial charge in [-0.3, -0.25) is 0 Å². The van der Waals surface area contributed by atoms with Gasteiger partial charge in [0, 0.05) is 8.56 Å². The zero-order valence-electron chi connectivity index (χ0n) is 38.5. The van der Waals surface area contributed by atoms with Crippen molar-refractivity contribution >= 4 is 0 Å². The van der Waals surface area contributed by atoms with E-state index in [2.05, 4.69) is 34.6 Å². The lowest BCUT2D eigenvalue weighted by molar-refractivity contribution is 0.0476. The summed E-state index contributed by atoms with van der Waals surface area (Å²) in [4.78, 5) is 0. The third-order valence-electron chi connectivity index (χ3n) is 19.0. The Kier molecular flexibility index (Phi) is 21.7. The topological polar surface area (TPSA) is 63.0 Å². The molecule has 8 saturated carbocycles. The van der Waals surface area contributed by atoms with E-state index in [1.165, 1.54) is 103 Å². The minimum Gasteiger partial charge on any atom is -0.412 e. The molecule has 3 unspecified atom stereocenters.